The van der Waals surface area contributed by atoms with Crippen molar-refractivity contribution < 1.29 is 29.0 Å². The van der Waals surface area contributed by atoms with Crippen molar-refractivity contribution in [2.24, 2.45) is 5.92 Å². The van der Waals surface area contributed by atoms with Crippen molar-refractivity contribution in [2.75, 3.05) is 19.7 Å². The number of likely N-dealkylation sites (tertiary alicyclic amines) is 1. The summed E-state index contributed by atoms with van der Waals surface area (Å²) in [6.07, 6.45) is -0.0684. The Morgan fingerprint density at radius 2 is 1.66 bits per heavy atom. The second-order valence-corrected chi connectivity index (χ2v) is 10.1. The van der Waals surface area contributed by atoms with Crippen molar-refractivity contribution >= 4 is 18.2 Å². The molecule has 2 amide bonds. The maximum Gasteiger partial charge on any atom is 0.410 e. The van der Waals surface area contributed by atoms with Gasteiger partial charge in [-0.2, -0.15) is 0 Å². The number of rotatable bonds is 5. The second kappa shape index (κ2) is 9.98. The topological polar surface area (TPSA) is 105 Å². The van der Waals surface area contributed by atoms with E-state index in [0.29, 0.717) is 19.4 Å². The number of hydrogen-bond donors (Lipinski definition) is 2. The van der Waals surface area contributed by atoms with Gasteiger partial charge in [-0.1, -0.05) is 48.5 Å². The standard InChI is InChI=1S/C27H32N2O6/c1-27(2,3)35-26(33)29-14-8-9-17(15-29)23(24(30)31)28-25(32)34-16-22-20-12-6-4-10-18(20)19-11-5-7-13-21(19)22/h4-7,10-13,17,22-23H,8-9,14-16H2,1-3H3,(H,28,32)(H,30,31)/t17-,23-/m0/s1. The number of amides is 2. The van der Waals surface area contributed by atoms with E-state index >= 15 is 0 Å². The van der Waals surface area contributed by atoms with Crippen LogP contribution in [0.1, 0.15) is 50.7 Å². The van der Waals surface area contributed by atoms with Crippen LogP contribution in [-0.2, 0) is 14.3 Å². The fraction of sp³-hybridized carbons (Fsp3) is 0.444. The Balaban J connectivity index is 1.39. The molecule has 8 nitrogen and oxygen atoms in total. The van der Waals surface area contributed by atoms with Crippen LogP contribution in [-0.4, -0.2) is 59.5 Å². The fourth-order valence-corrected chi connectivity index (χ4v) is 4.92. The molecule has 2 aliphatic rings. The van der Waals surface area contributed by atoms with Gasteiger partial charge in [-0.25, -0.2) is 14.4 Å². The third-order valence-electron chi connectivity index (χ3n) is 6.46. The van der Waals surface area contributed by atoms with Gasteiger partial charge in [-0.3, -0.25) is 0 Å². The van der Waals surface area contributed by atoms with Gasteiger partial charge in [0, 0.05) is 24.9 Å². The maximum absolute atomic E-state index is 12.7. The molecule has 2 aromatic carbocycles. The molecular weight excluding hydrogens is 448 g/mol. The van der Waals surface area contributed by atoms with Gasteiger partial charge in [0.25, 0.3) is 0 Å². The van der Waals surface area contributed by atoms with E-state index in [9.17, 15) is 19.5 Å². The lowest BCUT2D eigenvalue weighted by atomic mass is 9.91. The van der Waals surface area contributed by atoms with Crippen molar-refractivity contribution in [3.63, 3.8) is 0 Å². The summed E-state index contributed by atoms with van der Waals surface area (Å²) in [7, 11) is 0. The molecule has 4 rings (SSSR count). The molecule has 2 atom stereocenters. The highest BCUT2D eigenvalue weighted by atomic mass is 16.6. The molecule has 1 fully saturated rings. The number of fused-ring (bicyclic) bond motifs is 3. The first-order valence-electron chi connectivity index (χ1n) is 12.0. The normalized spacial score (nSPS) is 18.3. The van der Waals surface area contributed by atoms with Gasteiger partial charge in [0.15, 0.2) is 0 Å². The van der Waals surface area contributed by atoms with Crippen molar-refractivity contribution in [3.05, 3.63) is 59.7 Å². The smallest absolute Gasteiger partial charge is 0.410 e. The summed E-state index contributed by atoms with van der Waals surface area (Å²) in [5.41, 5.74) is 3.75. The van der Waals surface area contributed by atoms with Crippen LogP contribution >= 0.6 is 0 Å². The highest BCUT2D eigenvalue weighted by Crippen LogP contribution is 2.44. The number of piperidine rings is 1. The van der Waals surface area contributed by atoms with Gasteiger partial charge in [0.05, 0.1) is 0 Å². The molecule has 1 aliphatic carbocycles. The van der Waals surface area contributed by atoms with Crippen molar-refractivity contribution in [2.45, 2.75) is 51.2 Å². The van der Waals surface area contributed by atoms with Crippen LogP contribution in [0.25, 0.3) is 11.1 Å². The molecule has 1 aliphatic heterocycles. The van der Waals surface area contributed by atoms with Crippen LogP contribution in [0.2, 0.25) is 0 Å². The highest BCUT2D eigenvalue weighted by molar-refractivity contribution is 5.81. The average molecular weight is 481 g/mol. The zero-order valence-electron chi connectivity index (χ0n) is 20.3. The third-order valence-corrected chi connectivity index (χ3v) is 6.46. The van der Waals surface area contributed by atoms with E-state index in [1.807, 2.05) is 48.5 Å². The molecule has 0 spiro atoms. The molecule has 186 valence electrons. The summed E-state index contributed by atoms with van der Waals surface area (Å²) in [6, 6.07) is 14.8. The number of carbonyl (C=O) groups is 3. The number of nitrogens with one attached hydrogen (secondary N) is 1. The predicted molar refractivity (Wildman–Crippen MR) is 130 cm³/mol. The predicted octanol–water partition coefficient (Wildman–Crippen LogP) is 4.63. The summed E-state index contributed by atoms with van der Waals surface area (Å²) in [5.74, 6) is -1.72. The lowest BCUT2D eigenvalue weighted by Crippen LogP contribution is -2.53. The van der Waals surface area contributed by atoms with Crippen LogP contribution in [0.15, 0.2) is 48.5 Å². The molecule has 0 unspecified atom stereocenters. The van der Waals surface area contributed by atoms with Crippen molar-refractivity contribution in [3.8, 4) is 11.1 Å². The SMILES string of the molecule is CC(C)(C)OC(=O)N1CCC[C@H]([C@H](NC(=O)OCC2c3ccccc3-c3ccccc32)C(=O)O)C1. The Labute approximate surface area is 205 Å². The molecule has 0 bridgehead atoms. The summed E-state index contributed by atoms with van der Waals surface area (Å²) in [5, 5.41) is 12.3. The number of nitrogens with zero attached hydrogens (tertiary/aromatic N) is 1. The summed E-state index contributed by atoms with van der Waals surface area (Å²) < 4.78 is 11.0. The number of ether oxygens (including phenoxy) is 2. The lowest BCUT2D eigenvalue weighted by molar-refractivity contribution is -0.141. The molecule has 1 heterocycles. The van der Waals surface area contributed by atoms with E-state index in [2.05, 4.69) is 5.32 Å². The first-order valence-corrected chi connectivity index (χ1v) is 12.0. The van der Waals surface area contributed by atoms with Gasteiger partial charge in [-0.15, -0.1) is 0 Å². The largest absolute Gasteiger partial charge is 0.480 e. The van der Waals surface area contributed by atoms with Crippen LogP contribution < -0.4 is 5.32 Å². The molecule has 2 N–H and O–H groups in total. The first-order chi connectivity index (χ1) is 16.6. The van der Waals surface area contributed by atoms with E-state index < -0.39 is 35.7 Å². The van der Waals surface area contributed by atoms with Gasteiger partial charge in [0.2, 0.25) is 0 Å². The van der Waals surface area contributed by atoms with E-state index in [4.69, 9.17) is 9.47 Å². The number of hydrogen-bond acceptors (Lipinski definition) is 5. The maximum atomic E-state index is 12.7. The minimum atomic E-state index is -1.17. The van der Waals surface area contributed by atoms with Crippen LogP contribution in [0.3, 0.4) is 0 Å². The molecular formula is C27H32N2O6. The van der Waals surface area contributed by atoms with E-state index in [-0.39, 0.29) is 19.1 Å². The molecule has 0 aromatic heterocycles. The van der Waals surface area contributed by atoms with Crippen LogP contribution in [0.5, 0.6) is 0 Å². The van der Waals surface area contributed by atoms with Crippen LogP contribution in [0.4, 0.5) is 9.59 Å². The van der Waals surface area contributed by atoms with Gasteiger partial charge in [0.1, 0.15) is 18.2 Å². The Kier molecular flexibility index (Phi) is 7.00. The Bertz CT molecular complexity index is 1060. The average Bonchev–Trinajstić information content (AvgIpc) is 3.14. The van der Waals surface area contributed by atoms with Gasteiger partial charge in [-0.05, 0) is 55.9 Å². The molecule has 0 saturated carbocycles. The van der Waals surface area contributed by atoms with Gasteiger partial charge < -0.3 is 24.8 Å². The third kappa shape index (κ3) is 5.58. The van der Waals surface area contributed by atoms with Crippen molar-refractivity contribution in [1.29, 1.82) is 0 Å². The fourth-order valence-electron chi connectivity index (χ4n) is 4.92. The number of carbonyl (C=O) groups excluding carboxylic acids is 2. The monoisotopic (exact) mass is 480 g/mol. The summed E-state index contributed by atoms with van der Waals surface area (Å²) in [6.45, 7) is 6.13. The number of carboxylic acid groups (broad SMARTS) is 1. The zero-order chi connectivity index (χ0) is 25.2. The summed E-state index contributed by atoms with van der Waals surface area (Å²) in [4.78, 5) is 38.7. The zero-order valence-corrected chi connectivity index (χ0v) is 20.3. The molecule has 35 heavy (non-hydrogen) atoms. The number of benzene rings is 2. The molecule has 0 radical (unpaired) electrons. The Hall–Kier alpha value is -3.55. The molecule has 1 saturated heterocycles. The minimum absolute atomic E-state index is 0.0981. The number of carboxylic acids is 1. The van der Waals surface area contributed by atoms with Crippen molar-refractivity contribution in [1.82, 2.24) is 10.2 Å². The number of alkyl carbamates (subject to hydrolysis) is 1. The molecule has 8 heteroatoms. The summed E-state index contributed by atoms with van der Waals surface area (Å²) >= 11 is 0. The highest BCUT2D eigenvalue weighted by Gasteiger charge is 2.37. The first kappa shape index (κ1) is 24.6. The Morgan fingerprint density at radius 3 is 2.23 bits per heavy atom. The quantitative estimate of drug-likeness (QED) is 0.647. The van der Waals surface area contributed by atoms with E-state index in [0.717, 1.165) is 22.3 Å². The second-order valence-electron chi connectivity index (χ2n) is 10.1. The minimum Gasteiger partial charge on any atom is -0.480 e. The molecule has 2 aromatic rings. The lowest BCUT2D eigenvalue weighted by Gasteiger charge is -2.36. The van der Waals surface area contributed by atoms with Gasteiger partial charge >= 0.3 is 18.2 Å². The van der Waals surface area contributed by atoms with E-state index in [1.165, 1.54) is 4.90 Å². The van der Waals surface area contributed by atoms with E-state index in [1.54, 1.807) is 20.8 Å². The van der Waals surface area contributed by atoms with Crippen LogP contribution in [0, 0.1) is 5.92 Å². The Morgan fingerprint density at radius 1 is 1.06 bits per heavy atom. The number of aliphatic carboxylic acids is 1.